The molecule has 0 amide bonds. The quantitative estimate of drug-likeness (QED) is 0.344. The fourth-order valence-corrected chi connectivity index (χ4v) is 4.70. The number of benzene rings is 1. The summed E-state index contributed by atoms with van der Waals surface area (Å²) in [6.45, 7) is 3.73. The van der Waals surface area contributed by atoms with Crippen LogP contribution in [0.4, 0.5) is 13.2 Å². The number of rotatable bonds is 7. The number of nitrogens with zero attached hydrogens (tertiary/aromatic N) is 3. The zero-order chi connectivity index (χ0) is 26.0. The first-order valence-electron chi connectivity index (χ1n) is 11.1. The zero-order valence-corrected chi connectivity index (χ0v) is 20.2. The van der Waals surface area contributed by atoms with E-state index in [9.17, 15) is 27.9 Å². The molecule has 0 saturated heterocycles. The summed E-state index contributed by atoms with van der Waals surface area (Å²) in [6.07, 6.45) is -1.21. The minimum atomic E-state index is -4.57. The van der Waals surface area contributed by atoms with Crippen molar-refractivity contribution in [1.29, 1.82) is 0 Å². The molecule has 0 fully saturated rings. The highest BCUT2D eigenvalue weighted by Crippen LogP contribution is 2.38. The maximum absolute atomic E-state index is 13.3. The molecule has 0 unspecified atom stereocenters. The van der Waals surface area contributed by atoms with Crippen LogP contribution in [-0.2, 0) is 17.5 Å². The lowest BCUT2D eigenvalue weighted by molar-refractivity contribution is -0.140. The Kier molecular flexibility index (Phi) is 7.23. The first-order valence-corrected chi connectivity index (χ1v) is 12.0. The largest absolute Gasteiger partial charge is 0.462 e. The van der Waals surface area contributed by atoms with E-state index in [1.54, 1.807) is 42.7 Å². The first-order chi connectivity index (χ1) is 17.1. The maximum atomic E-state index is 13.3. The Balaban J connectivity index is 1.92. The summed E-state index contributed by atoms with van der Waals surface area (Å²) in [7, 11) is 0. The Morgan fingerprint density at radius 3 is 2.67 bits per heavy atom. The molecular weight excluding hydrogens is 495 g/mol. The van der Waals surface area contributed by atoms with Gasteiger partial charge in [0.1, 0.15) is 10.6 Å². The molecule has 3 heterocycles. The second kappa shape index (κ2) is 10.2. The summed E-state index contributed by atoms with van der Waals surface area (Å²) in [5, 5.41) is 10.6. The van der Waals surface area contributed by atoms with Crippen molar-refractivity contribution in [3.63, 3.8) is 0 Å². The molecule has 1 aromatic carbocycles. The zero-order valence-electron chi connectivity index (χ0n) is 19.4. The van der Waals surface area contributed by atoms with Gasteiger partial charge in [-0.3, -0.25) is 9.78 Å². The van der Waals surface area contributed by atoms with Crippen LogP contribution in [0.25, 0.3) is 32.6 Å². The SMILES string of the molecule is CCOC(=O)c1cn(CCCO)c2ccc(-c3cnc(C)cc3-c3nc(C(F)(F)F)cs3)cc2c1=O. The van der Waals surface area contributed by atoms with Crippen molar-refractivity contribution in [3.8, 4) is 21.7 Å². The van der Waals surface area contributed by atoms with Crippen LogP contribution in [0.5, 0.6) is 0 Å². The van der Waals surface area contributed by atoms with Gasteiger partial charge in [0.25, 0.3) is 0 Å². The number of aliphatic hydroxyl groups excluding tert-OH is 1. The van der Waals surface area contributed by atoms with Crippen LogP contribution in [0.15, 0.2) is 46.8 Å². The van der Waals surface area contributed by atoms with Gasteiger partial charge < -0.3 is 14.4 Å². The maximum Gasteiger partial charge on any atom is 0.434 e. The van der Waals surface area contributed by atoms with Crippen molar-refractivity contribution >= 4 is 28.2 Å². The lowest BCUT2D eigenvalue weighted by atomic mass is 9.99. The highest BCUT2D eigenvalue weighted by atomic mass is 32.1. The van der Waals surface area contributed by atoms with E-state index in [4.69, 9.17) is 4.74 Å². The molecular formula is C25H22F3N3O4S. The highest BCUT2D eigenvalue weighted by Gasteiger charge is 2.34. The van der Waals surface area contributed by atoms with Gasteiger partial charge in [-0.1, -0.05) is 6.07 Å². The van der Waals surface area contributed by atoms with E-state index in [0.717, 1.165) is 16.7 Å². The van der Waals surface area contributed by atoms with Crippen LogP contribution < -0.4 is 5.43 Å². The molecule has 0 aliphatic heterocycles. The summed E-state index contributed by atoms with van der Waals surface area (Å²) in [5.74, 6) is -0.757. The number of hydrogen-bond acceptors (Lipinski definition) is 7. The minimum absolute atomic E-state index is 0.0768. The normalized spacial score (nSPS) is 11.7. The third-order valence-corrected chi connectivity index (χ3v) is 6.38. The van der Waals surface area contributed by atoms with Crippen LogP contribution in [0, 0.1) is 6.92 Å². The number of ether oxygens (including phenoxy) is 1. The molecule has 11 heteroatoms. The summed E-state index contributed by atoms with van der Waals surface area (Å²) in [4.78, 5) is 33.8. The summed E-state index contributed by atoms with van der Waals surface area (Å²) >= 11 is 0.868. The fourth-order valence-electron chi connectivity index (χ4n) is 3.84. The van der Waals surface area contributed by atoms with E-state index < -0.39 is 23.3 Å². The van der Waals surface area contributed by atoms with Crippen molar-refractivity contribution in [2.75, 3.05) is 13.2 Å². The number of pyridine rings is 2. The van der Waals surface area contributed by atoms with Crippen LogP contribution in [0.3, 0.4) is 0 Å². The van der Waals surface area contributed by atoms with Gasteiger partial charge in [-0.25, -0.2) is 9.78 Å². The van der Waals surface area contributed by atoms with Gasteiger partial charge in [0.15, 0.2) is 5.69 Å². The van der Waals surface area contributed by atoms with E-state index in [1.807, 2.05) is 0 Å². The number of aliphatic hydroxyl groups is 1. The molecule has 36 heavy (non-hydrogen) atoms. The Morgan fingerprint density at radius 2 is 2.00 bits per heavy atom. The van der Waals surface area contributed by atoms with Crippen LogP contribution in [0.1, 0.15) is 35.1 Å². The van der Waals surface area contributed by atoms with Gasteiger partial charge in [-0.15, -0.1) is 11.3 Å². The average Bonchev–Trinajstić information content (AvgIpc) is 3.35. The van der Waals surface area contributed by atoms with Gasteiger partial charge in [0.2, 0.25) is 5.43 Å². The number of carbonyl (C=O) groups is 1. The van der Waals surface area contributed by atoms with Gasteiger partial charge in [0.05, 0.1) is 12.1 Å². The number of carbonyl (C=O) groups excluding carboxylic acids is 1. The molecule has 0 saturated carbocycles. The van der Waals surface area contributed by atoms with Gasteiger partial charge in [-0.05, 0) is 44.0 Å². The second-order valence-electron chi connectivity index (χ2n) is 8.00. The number of halogens is 3. The number of esters is 1. The van der Waals surface area contributed by atoms with Crippen LogP contribution in [0.2, 0.25) is 0 Å². The lowest BCUT2D eigenvalue weighted by Crippen LogP contribution is -2.21. The van der Waals surface area contributed by atoms with E-state index in [-0.39, 0.29) is 29.2 Å². The monoisotopic (exact) mass is 517 g/mol. The summed E-state index contributed by atoms with van der Waals surface area (Å²) < 4.78 is 46.2. The molecule has 188 valence electrons. The number of thiazole rings is 1. The first kappa shape index (κ1) is 25.5. The smallest absolute Gasteiger partial charge is 0.434 e. The van der Waals surface area contributed by atoms with Crippen molar-refractivity contribution in [3.05, 3.63) is 69.2 Å². The highest BCUT2D eigenvalue weighted by molar-refractivity contribution is 7.13. The fraction of sp³-hybridized carbons (Fsp3) is 0.280. The van der Waals surface area contributed by atoms with Gasteiger partial charge in [-0.2, -0.15) is 13.2 Å². The number of aromatic nitrogens is 3. The third kappa shape index (κ3) is 5.02. The molecule has 4 rings (SSSR count). The van der Waals surface area contributed by atoms with E-state index >= 15 is 0 Å². The van der Waals surface area contributed by atoms with Gasteiger partial charge >= 0.3 is 12.1 Å². The van der Waals surface area contributed by atoms with E-state index in [0.29, 0.717) is 40.9 Å². The molecule has 3 aromatic heterocycles. The summed E-state index contributed by atoms with van der Waals surface area (Å²) in [6, 6.07) is 6.66. The Bertz CT molecular complexity index is 1490. The van der Waals surface area contributed by atoms with Gasteiger partial charge in [0, 0.05) is 53.1 Å². The predicted molar refractivity (Wildman–Crippen MR) is 130 cm³/mol. The van der Waals surface area contributed by atoms with Crippen molar-refractivity contribution in [1.82, 2.24) is 14.5 Å². The van der Waals surface area contributed by atoms with E-state index in [2.05, 4.69) is 9.97 Å². The molecule has 0 bridgehead atoms. The molecule has 0 spiro atoms. The minimum Gasteiger partial charge on any atom is -0.462 e. The molecule has 0 radical (unpaired) electrons. The topological polar surface area (TPSA) is 94.3 Å². The number of fused-ring (bicyclic) bond motifs is 1. The second-order valence-corrected chi connectivity index (χ2v) is 8.86. The van der Waals surface area contributed by atoms with Crippen LogP contribution >= 0.6 is 11.3 Å². The predicted octanol–water partition coefficient (Wildman–Crippen LogP) is 5.07. The standard InChI is InChI=1S/C25H22F3N3O4S/c1-3-35-24(34)19-12-31(7-4-8-32)20-6-5-15(10-17(20)22(19)33)18-11-29-14(2)9-16(18)23-30-21(13-36-23)25(26,27)28/h5-6,9-13,32H,3-4,7-8H2,1-2H3. The van der Waals surface area contributed by atoms with Crippen molar-refractivity contribution in [2.24, 2.45) is 0 Å². The molecule has 0 aliphatic rings. The Hall–Kier alpha value is -3.57. The lowest BCUT2D eigenvalue weighted by Gasteiger charge is -2.15. The molecule has 7 nitrogen and oxygen atoms in total. The Labute approximate surface area is 207 Å². The average molecular weight is 518 g/mol. The van der Waals surface area contributed by atoms with Crippen LogP contribution in [-0.4, -0.2) is 38.8 Å². The Morgan fingerprint density at radius 1 is 1.22 bits per heavy atom. The van der Waals surface area contributed by atoms with Crippen molar-refractivity contribution in [2.45, 2.75) is 33.0 Å². The van der Waals surface area contributed by atoms with Crippen molar-refractivity contribution < 1.29 is 27.8 Å². The summed E-state index contributed by atoms with van der Waals surface area (Å²) in [5.41, 5.74) is 0.956. The third-order valence-electron chi connectivity index (χ3n) is 5.51. The molecule has 0 aliphatic carbocycles. The number of alkyl halides is 3. The molecule has 1 N–H and O–H groups in total. The number of hydrogen-bond donors (Lipinski definition) is 1. The molecule has 0 atom stereocenters. The van der Waals surface area contributed by atoms with E-state index in [1.165, 1.54) is 12.4 Å². The number of aryl methyl sites for hydroxylation is 2. The molecule has 4 aromatic rings.